The Hall–Kier alpha value is -1.12. The molecule has 3 heteroatoms. The maximum Gasteiger partial charge on any atom is 0.304 e. The van der Waals surface area contributed by atoms with Gasteiger partial charge in [-0.1, -0.05) is 65.5 Å². The number of carbonyl (C=O) groups excluding carboxylic acids is 1. The van der Waals surface area contributed by atoms with E-state index in [0.717, 1.165) is 42.5 Å². The Morgan fingerprint density at radius 2 is 1.90 bits per heavy atom. The molecule has 0 radical (unpaired) electrons. The number of rotatable bonds is 9. The number of fused-ring (bicyclic) bond motifs is 3. The lowest BCUT2D eigenvalue weighted by Crippen LogP contribution is -2.50. The zero-order valence-corrected chi connectivity index (χ0v) is 20.0. The molecule has 2 fully saturated rings. The van der Waals surface area contributed by atoms with Gasteiger partial charge in [-0.3, -0.25) is 4.79 Å². The van der Waals surface area contributed by atoms with Crippen molar-refractivity contribution in [2.45, 2.75) is 98.8 Å². The number of aldehydes is 1. The van der Waals surface area contributed by atoms with E-state index in [4.69, 9.17) is 0 Å². The van der Waals surface area contributed by atoms with Crippen LogP contribution >= 0.6 is 0 Å². The Bertz CT molecular complexity index is 665. The van der Waals surface area contributed by atoms with Crippen LogP contribution in [0.4, 0.5) is 0 Å². The first-order chi connectivity index (χ1) is 14.1. The van der Waals surface area contributed by atoms with E-state index in [9.17, 15) is 14.7 Å². The van der Waals surface area contributed by atoms with Gasteiger partial charge in [0.2, 0.25) is 0 Å². The van der Waals surface area contributed by atoms with Gasteiger partial charge in [-0.05, 0) is 73.0 Å². The third-order valence-corrected chi connectivity index (χ3v) is 9.65. The van der Waals surface area contributed by atoms with Crippen molar-refractivity contribution >= 4 is 12.3 Å². The summed E-state index contributed by atoms with van der Waals surface area (Å²) in [7, 11) is 0. The molecule has 0 aromatic carbocycles. The molecule has 170 valence electrons. The fraction of sp³-hybridized carbons (Fsp3) is 0.852. The average molecular weight is 417 g/mol. The van der Waals surface area contributed by atoms with Crippen LogP contribution in [-0.4, -0.2) is 17.4 Å². The summed E-state index contributed by atoms with van der Waals surface area (Å²) < 4.78 is 0. The normalized spacial score (nSPS) is 39.2. The van der Waals surface area contributed by atoms with Gasteiger partial charge in [-0.25, -0.2) is 0 Å². The van der Waals surface area contributed by atoms with Crippen molar-refractivity contribution in [3.63, 3.8) is 0 Å². The van der Waals surface area contributed by atoms with Crippen LogP contribution in [0.1, 0.15) is 98.8 Å². The first-order valence-corrected chi connectivity index (χ1v) is 12.5. The first-order valence-electron chi connectivity index (χ1n) is 12.5. The Labute approximate surface area is 184 Å². The van der Waals surface area contributed by atoms with E-state index < -0.39 is 5.97 Å². The summed E-state index contributed by atoms with van der Waals surface area (Å²) in [6, 6.07) is 0. The Morgan fingerprint density at radius 3 is 2.53 bits per heavy atom. The van der Waals surface area contributed by atoms with Crippen molar-refractivity contribution in [1.82, 2.24) is 0 Å². The molecule has 0 bridgehead atoms. The second kappa shape index (κ2) is 9.17. The summed E-state index contributed by atoms with van der Waals surface area (Å²) in [6.07, 6.45) is 13.8. The van der Waals surface area contributed by atoms with Crippen LogP contribution in [0.5, 0.6) is 0 Å². The Kier molecular flexibility index (Phi) is 7.19. The van der Waals surface area contributed by atoms with Crippen LogP contribution in [0.2, 0.25) is 0 Å². The molecule has 0 aromatic heterocycles. The molecule has 7 atom stereocenters. The first kappa shape index (κ1) is 23.5. The van der Waals surface area contributed by atoms with Crippen molar-refractivity contribution < 1.29 is 14.7 Å². The number of hydrogen-bond donors (Lipinski definition) is 1. The number of aliphatic carboxylic acids is 1. The number of carbonyl (C=O) groups is 2. The predicted octanol–water partition coefficient (Wildman–Crippen LogP) is 6.91. The van der Waals surface area contributed by atoms with Crippen LogP contribution in [0.25, 0.3) is 0 Å². The van der Waals surface area contributed by atoms with Crippen molar-refractivity contribution in [2.24, 2.45) is 46.3 Å². The Balaban J connectivity index is 1.80. The van der Waals surface area contributed by atoms with Gasteiger partial charge in [0.15, 0.2) is 0 Å². The molecule has 0 spiro atoms. The van der Waals surface area contributed by atoms with Crippen molar-refractivity contribution in [3.8, 4) is 0 Å². The van der Waals surface area contributed by atoms with E-state index in [1.165, 1.54) is 38.5 Å². The minimum absolute atomic E-state index is 0.159. The van der Waals surface area contributed by atoms with Gasteiger partial charge in [0.1, 0.15) is 6.29 Å². The fourth-order valence-electron chi connectivity index (χ4n) is 8.15. The van der Waals surface area contributed by atoms with Gasteiger partial charge >= 0.3 is 5.97 Å². The molecule has 3 aliphatic rings. The summed E-state index contributed by atoms with van der Waals surface area (Å²) in [5, 5.41) is 9.67. The van der Waals surface area contributed by atoms with Crippen LogP contribution in [0, 0.1) is 46.3 Å². The van der Waals surface area contributed by atoms with Crippen molar-refractivity contribution in [1.29, 1.82) is 0 Å². The predicted molar refractivity (Wildman–Crippen MR) is 122 cm³/mol. The van der Waals surface area contributed by atoms with E-state index in [2.05, 4.69) is 40.7 Å². The van der Waals surface area contributed by atoms with Crippen molar-refractivity contribution in [2.75, 3.05) is 0 Å². The van der Waals surface area contributed by atoms with E-state index in [0.29, 0.717) is 29.6 Å². The molecule has 0 saturated heterocycles. The summed E-state index contributed by atoms with van der Waals surface area (Å²) in [6.45, 7) is 11.8. The van der Waals surface area contributed by atoms with Crippen LogP contribution in [0.15, 0.2) is 11.6 Å². The van der Waals surface area contributed by atoms with Gasteiger partial charge in [-0.15, -0.1) is 0 Å². The zero-order valence-electron chi connectivity index (χ0n) is 20.0. The van der Waals surface area contributed by atoms with Gasteiger partial charge in [0, 0.05) is 11.8 Å². The summed E-state index contributed by atoms with van der Waals surface area (Å²) in [5.74, 6) is 3.34. The summed E-state index contributed by atoms with van der Waals surface area (Å²) in [4.78, 5) is 23.1. The number of carboxylic acids is 1. The van der Waals surface area contributed by atoms with E-state index in [1.807, 2.05) is 0 Å². The number of carboxylic acid groups (broad SMARTS) is 1. The lowest BCUT2D eigenvalue weighted by Gasteiger charge is -2.56. The minimum atomic E-state index is -0.730. The standard InChI is InChI=1S/C27H44O3/c1-18(2)7-6-8-19(3)22-11-12-23-21-10-9-20(14-16-28)27(5,17-25(29)30)24(21)13-15-26(22,23)4/h9,16,18-19,21-24H,6-8,10-15,17H2,1-5H3,(H,29,30). The highest BCUT2D eigenvalue weighted by molar-refractivity contribution is 5.69. The third-order valence-electron chi connectivity index (χ3n) is 9.65. The second-order valence-corrected chi connectivity index (χ2v) is 11.7. The van der Waals surface area contributed by atoms with Crippen LogP contribution < -0.4 is 0 Å². The maximum absolute atomic E-state index is 11.8. The van der Waals surface area contributed by atoms with E-state index in [1.54, 1.807) is 0 Å². The molecule has 0 amide bonds. The molecule has 3 aliphatic carbocycles. The number of hydrogen-bond acceptors (Lipinski definition) is 2. The molecule has 0 aliphatic heterocycles. The van der Waals surface area contributed by atoms with Gasteiger partial charge in [-0.2, -0.15) is 0 Å². The molecule has 1 N–H and O–H groups in total. The fourth-order valence-corrected chi connectivity index (χ4v) is 8.15. The highest BCUT2D eigenvalue weighted by Crippen LogP contribution is 2.66. The average Bonchev–Trinajstić information content (AvgIpc) is 3.00. The molecule has 7 unspecified atom stereocenters. The quantitative estimate of drug-likeness (QED) is 0.328. The molecular formula is C27H44O3. The topological polar surface area (TPSA) is 54.4 Å². The lowest BCUT2D eigenvalue weighted by atomic mass is 9.48. The molecule has 3 nitrogen and oxygen atoms in total. The van der Waals surface area contributed by atoms with Crippen LogP contribution in [-0.2, 0) is 9.59 Å². The van der Waals surface area contributed by atoms with E-state index >= 15 is 0 Å². The van der Waals surface area contributed by atoms with Gasteiger partial charge in [0.25, 0.3) is 0 Å². The monoisotopic (exact) mass is 416 g/mol. The second-order valence-electron chi connectivity index (χ2n) is 11.7. The molecule has 30 heavy (non-hydrogen) atoms. The molecular weight excluding hydrogens is 372 g/mol. The smallest absolute Gasteiger partial charge is 0.304 e. The highest BCUT2D eigenvalue weighted by Gasteiger charge is 2.58. The third kappa shape index (κ3) is 4.28. The largest absolute Gasteiger partial charge is 0.481 e. The maximum atomic E-state index is 11.8. The summed E-state index contributed by atoms with van der Waals surface area (Å²) >= 11 is 0. The van der Waals surface area contributed by atoms with Crippen LogP contribution in [0.3, 0.4) is 0 Å². The minimum Gasteiger partial charge on any atom is -0.481 e. The molecule has 0 aromatic rings. The molecule has 2 saturated carbocycles. The van der Waals surface area contributed by atoms with Gasteiger partial charge in [0.05, 0.1) is 6.42 Å². The van der Waals surface area contributed by atoms with Crippen molar-refractivity contribution in [3.05, 3.63) is 11.6 Å². The van der Waals surface area contributed by atoms with E-state index in [-0.39, 0.29) is 11.8 Å². The Morgan fingerprint density at radius 1 is 1.17 bits per heavy atom. The number of allylic oxidation sites excluding steroid dienone is 2. The lowest BCUT2D eigenvalue weighted by molar-refractivity contribution is -0.142. The SMILES string of the molecule is CC(C)CCCC(C)C1CCC2C3CC=C(CC=O)C(C)(CC(=O)O)C3CCC12C. The summed E-state index contributed by atoms with van der Waals surface area (Å²) in [5.41, 5.74) is 1.12. The molecule has 3 rings (SSSR count). The van der Waals surface area contributed by atoms with Gasteiger partial charge < -0.3 is 9.90 Å². The zero-order chi connectivity index (χ0) is 22.1. The highest BCUT2D eigenvalue weighted by atomic mass is 16.4. The molecule has 0 heterocycles.